The highest BCUT2D eigenvalue weighted by Crippen LogP contribution is 2.22. The Kier molecular flexibility index (Phi) is 5.56. The van der Waals surface area contributed by atoms with Crippen molar-refractivity contribution in [1.82, 2.24) is 20.1 Å². The molecular weight excluding hydrogens is 320 g/mol. The lowest BCUT2D eigenvalue weighted by atomic mass is 10.0. The van der Waals surface area contributed by atoms with Crippen LogP contribution in [0.2, 0.25) is 0 Å². The number of H-pyrrole nitrogens is 1. The molecule has 0 saturated carbocycles. The number of hydrogen-bond acceptors (Lipinski definition) is 4. The first-order valence-corrected chi connectivity index (χ1v) is 9.60. The number of aromatic amines is 1. The fourth-order valence-corrected chi connectivity index (χ4v) is 3.70. The van der Waals surface area contributed by atoms with E-state index in [1.165, 1.54) is 23.7 Å². The molecule has 0 unspecified atom stereocenters. The number of nitrogens with zero attached hydrogens (tertiary/aromatic N) is 3. The number of benzene rings is 1. The Balaban J connectivity index is 1.58. The number of aryl methyl sites for hydroxylation is 1. The SMILES string of the molecule is CCc1ccc(-c2nc(SCC(=O)N3CCCC[C@@H]3C)n[nH]2)cc1. The first kappa shape index (κ1) is 17.0. The summed E-state index contributed by atoms with van der Waals surface area (Å²) in [6.07, 6.45) is 4.46. The van der Waals surface area contributed by atoms with Gasteiger partial charge in [0, 0.05) is 18.2 Å². The van der Waals surface area contributed by atoms with Gasteiger partial charge in [0.25, 0.3) is 0 Å². The molecule has 2 heterocycles. The van der Waals surface area contributed by atoms with Gasteiger partial charge in [0.1, 0.15) is 0 Å². The van der Waals surface area contributed by atoms with Crippen LogP contribution in [0.1, 0.15) is 38.7 Å². The zero-order valence-electron chi connectivity index (χ0n) is 14.3. The smallest absolute Gasteiger partial charge is 0.233 e. The van der Waals surface area contributed by atoms with Crippen LogP contribution in [0.25, 0.3) is 11.4 Å². The van der Waals surface area contributed by atoms with E-state index in [1.54, 1.807) is 0 Å². The van der Waals surface area contributed by atoms with E-state index >= 15 is 0 Å². The third kappa shape index (κ3) is 3.98. The van der Waals surface area contributed by atoms with E-state index in [-0.39, 0.29) is 5.91 Å². The van der Waals surface area contributed by atoms with E-state index < -0.39 is 0 Å². The number of amides is 1. The van der Waals surface area contributed by atoms with Crippen LogP contribution >= 0.6 is 11.8 Å². The first-order chi connectivity index (χ1) is 11.7. The van der Waals surface area contributed by atoms with Crippen molar-refractivity contribution in [2.45, 2.75) is 50.7 Å². The van der Waals surface area contributed by atoms with E-state index in [1.807, 2.05) is 17.0 Å². The molecule has 6 heteroatoms. The van der Waals surface area contributed by atoms with Gasteiger partial charge in [-0.25, -0.2) is 4.98 Å². The van der Waals surface area contributed by atoms with Gasteiger partial charge in [0.2, 0.25) is 11.1 Å². The first-order valence-electron chi connectivity index (χ1n) is 8.61. The van der Waals surface area contributed by atoms with E-state index in [9.17, 15) is 4.79 Å². The molecule has 0 radical (unpaired) electrons. The van der Waals surface area contributed by atoms with Gasteiger partial charge in [0.15, 0.2) is 5.82 Å². The van der Waals surface area contributed by atoms with Gasteiger partial charge in [-0.15, -0.1) is 5.10 Å². The minimum Gasteiger partial charge on any atom is -0.339 e. The fourth-order valence-electron chi connectivity index (χ4n) is 3.02. The molecule has 0 aliphatic carbocycles. The number of likely N-dealkylation sites (tertiary alicyclic amines) is 1. The zero-order valence-corrected chi connectivity index (χ0v) is 15.1. The summed E-state index contributed by atoms with van der Waals surface area (Å²) >= 11 is 1.40. The summed E-state index contributed by atoms with van der Waals surface area (Å²) in [5.41, 5.74) is 2.32. The maximum atomic E-state index is 12.4. The minimum absolute atomic E-state index is 0.186. The third-order valence-electron chi connectivity index (χ3n) is 4.55. The average Bonchev–Trinajstić information content (AvgIpc) is 3.09. The Morgan fingerprint density at radius 1 is 1.33 bits per heavy atom. The van der Waals surface area contributed by atoms with Crippen LogP contribution < -0.4 is 0 Å². The highest BCUT2D eigenvalue weighted by Gasteiger charge is 2.23. The van der Waals surface area contributed by atoms with Gasteiger partial charge >= 0.3 is 0 Å². The number of piperidine rings is 1. The summed E-state index contributed by atoms with van der Waals surface area (Å²) in [5.74, 6) is 1.33. The van der Waals surface area contributed by atoms with Crippen LogP contribution in [-0.2, 0) is 11.2 Å². The van der Waals surface area contributed by atoms with Gasteiger partial charge in [-0.3, -0.25) is 9.89 Å². The van der Waals surface area contributed by atoms with E-state index in [4.69, 9.17) is 0 Å². The summed E-state index contributed by atoms with van der Waals surface area (Å²) in [6.45, 7) is 5.15. The summed E-state index contributed by atoms with van der Waals surface area (Å²) in [7, 11) is 0. The van der Waals surface area contributed by atoms with Gasteiger partial charge < -0.3 is 4.90 Å². The fraction of sp³-hybridized carbons (Fsp3) is 0.500. The molecule has 3 rings (SSSR count). The lowest BCUT2D eigenvalue weighted by Crippen LogP contribution is -2.42. The number of carbonyl (C=O) groups excluding carboxylic acids is 1. The molecule has 1 saturated heterocycles. The second-order valence-electron chi connectivity index (χ2n) is 6.24. The number of rotatable bonds is 5. The lowest BCUT2D eigenvalue weighted by Gasteiger charge is -2.33. The van der Waals surface area contributed by atoms with Crippen molar-refractivity contribution in [1.29, 1.82) is 0 Å². The second kappa shape index (κ2) is 7.83. The summed E-state index contributed by atoms with van der Waals surface area (Å²) in [5, 5.41) is 7.82. The predicted octanol–water partition coefficient (Wildman–Crippen LogP) is 3.53. The molecule has 0 spiro atoms. The van der Waals surface area contributed by atoms with Crippen LogP contribution in [-0.4, -0.2) is 44.3 Å². The molecule has 24 heavy (non-hydrogen) atoms. The number of hydrogen-bond donors (Lipinski definition) is 1. The molecule has 2 aromatic rings. The average molecular weight is 344 g/mol. The van der Waals surface area contributed by atoms with Crippen molar-refractivity contribution in [3.63, 3.8) is 0 Å². The second-order valence-corrected chi connectivity index (χ2v) is 7.18. The Morgan fingerprint density at radius 2 is 2.12 bits per heavy atom. The van der Waals surface area contributed by atoms with Crippen molar-refractivity contribution in [3.05, 3.63) is 29.8 Å². The molecule has 1 aromatic heterocycles. The number of carbonyl (C=O) groups is 1. The van der Waals surface area contributed by atoms with Crippen molar-refractivity contribution in [2.75, 3.05) is 12.3 Å². The van der Waals surface area contributed by atoms with Crippen molar-refractivity contribution >= 4 is 17.7 Å². The number of nitrogens with one attached hydrogen (secondary N) is 1. The molecular formula is C18H24N4OS. The highest BCUT2D eigenvalue weighted by molar-refractivity contribution is 7.99. The van der Waals surface area contributed by atoms with E-state index in [0.717, 1.165) is 37.2 Å². The summed E-state index contributed by atoms with van der Waals surface area (Å²) in [4.78, 5) is 18.9. The summed E-state index contributed by atoms with van der Waals surface area (Å²) < 4.78 is 0. The van der Waals surface area contributed by atoms with Crippen LogP contribution in [0.3, 0.4) is 0 Å². The molecule has 1 fully saturated rings. The van der Waals surface area contributed by atoms with Crippen molar-refractivity contribution in [2.24, 2.45) is 0 Å². The monoisotopic (exact) mass is 344 g/mol. The summed E-state index contributed by atoms with van der Waals surface area (Å²) in [6, 6.07) is 8.66. The molecule has 0 bridgehead atoms. The third-order valence-corrected chi connectivity index (χ3v) is 5.38. The van der Waals surface area contributed by atoms with E-state index in [2.05, 4.69) is 41.2 Å². The Bertz CT molecular complexity index is 683. The molecule has 5 nitrogen and oxygen atoms in total. The van der Waals surface area contributed by atoms with Crippen LogP contribution in [0.4, 0.5) is 0 Å². The Labute approximate surface area is 147 Å². The van der Waals surface area contributed by atoms with Crippen LogP contribution in [0.5, 0.6) is 0 Å². The lowest BCUT2D eigenvalue weighted by molar-refractivity contribution is -0.131. The van der Waals surface area contributed by atoms with Crippen LogP contribution in [0, 0.1) is 0 Å². The van der Waals surface area contributed by atoms with Gasteiger partial charge in [-0.1, -0.05) is 43.0 Å². The standard InChI is InChI=1S/C18H24N4OS/c1-3-14-7-9-15(10-8-14)17-19-18(21-20-17)24-12-16(23)22-11-5-4-6-13(22)2/h7-10,13H,3-6,11-12H2,1-2H3,(H,19,20,21)/t13-/m0/s1. The van der Waals surface area contributed by atoms with Crippen LogP contribution in [0.15, 0.2) is 29.4 Å². The molecule has 1 N–H and O–H groups in total. The molecule has 1 amide bonds. The normalized spacial score (nSPS) is 17.9. The Hall–Kier alpha value is -1.82. The van der Waals surface area contributed by atoms with Gasteiger partial charge in [0.05, 0.1) is 5.75 Å². The topological polar surface area (TPSA) is 61.9 Å². The number of aromatic nitrogens is 3. The quantitative estimate of drug-likeness (QED) is 0.843. The molecule has 1 aliphatic heterocycles. The van der Waals surface area contributed by atoms with Gasteiger partial charge in [-0.05, 0) is 38.2 Å². The Morgan fingerprint density at radius 3 is 2.83 bits per heavy atom. The maximum absolute atomic E-state index is 12.4. The zero-order chi connectivity index (χ0) is 16.9. The maximum Gasteiger partial charge on any atom is 0.233 e. The van der Waals surface area contributed by atoms with Crippen molar-refractivity contribution < 1.29 is 4.79 Å². The van der Waals surface area contributed by atoms with Crippen molar-refractivity contribution in [3.8, 4) is 11.4 Å². The molecule has 1 atom stereocenters. The molecule has 1 aromatic carbocycles. The highest BCUT2D eigenvalue weighted by atomic mass is 32.2. The van der Waals surface area contributed by atoms with Gasteiger partial charge in [-0.2, -0.15) is 0 Å². The predicted molar refractivity (Wildman–Crippen MR) is 96.9 cm³/mol. The molecule has 1 aliphatic rings. The number of thioether (sulfide) groups is 1. The largest absolute Gasteiger partial charge is 0.339 e. The molecule has 128 valence electrons. The van der Waals surface area contributed by atoms with E-state index in [0.29, 0.717) is 17.0 Å². The minimum atomic E-state index is 0.186.